The molecule has 17 heavy (non-hydrogen) atoms. The average molecular weight is 277 g/mol. The zero-order chi connectivity index (χ0) is 12.7. The summed E-state index contributed by atoms with van der Waals surface area (Å²) in [5.41, 5.74) is 0.155. The molecule has 0 spiro atoms. The molecule has 0 amide bonds. The highest BCUT2D eigenvalue weighted by Gasteiger charge is 2.14. The zero-order valence-corrected chi connectivity index (χ0v) is 11.1. The highest BCUT2D eigenvalue weighted by Crippen LogP contribution is 2.16. The number of carbonyl (C=O) groups is 1. The minimum atomic E-state index is -0.511. The predicted octanol–water partition coefficient (Wildman–Crippen LogP) is 3.52. The minimum absolute atomic E-state index is 0.00737. The van der Waals surface area contributed by atoms with Gasteiger partial charge >= 0.3 is 5.97 Å². The molecule has 94 valence electrons. The Morgan fingerprint density at radius 3 is 2.76 bits per heavy atom. The topological polar surface area (TPSA) is 52.1 Å². The number of ether oxygens (including phenoxy) is 1. The van der Waals surface area contributed by atoms with Gasteiger partial charge in [-0.2, -0.15) is 0 Å². The summed E-state index contributed by atoms with van der Waals surface area (Å²) in [6.07, 6.45) is 4.18. The number of rotatable bonds is 6. The van der Waals surface area contributed by atoms with Gasteiger partial charge < -0.3 is 4.74 Å². The molecule has 0 aliphatic rings. The van der Waals surface area contributed by atoms with Crippen molar-refractivity contribution < 1.29 is 9.53 Å². The number of nitrogens with zero attached hydrogens (tertiary/aromatic N) is 2. The molecule has 1 aromatic heterocycles. The average Bonchev–Trinajstić information content (AvgIpc) is 2.32. The summed E-state index contributed by atoms with van der Waals surface area (Å²) >= 11 is 11.3. The Labute approximate surface area is 110 Å². The molecule has 1 aromatic rings. The molecule has 0 saturated heterocycles. The molecule has 6 heteroatoms. The Morgan fingerprint density at radius 2 is 2.06 bits per heavy atom. The van der Waals surface area contributed by atoms with E-state index in [1.807, 2.05) is 0 Å². The number of carbonyl (C=O) groups excluding carboxylic acids is 1. The fourth-order valence-electron chi connectivity index (χ4n) is 1.27. The van der Waals surface area contributed by atoms with E-state index in [9.17, 15) is 4.79 Å². The lowest BCUT2D eigenvalue weighted by atomic mass is 10.2. The van der Waals surface area contributed by atoms with E-state index in [1.54, 1.807) is 0 Å². The van der Waals surface area contributed by atoms with Crippen LogP contribution in [0.25, 0.3) is 0 Å². The molecule has 0 aromatic carbocycles. The number of esters is 1. The van der Waals surface area contributed by atoms with Gasteiger partial charge in [-0.05, 0) is 12.5 Å². The Morgan fingerprint density at radius 1 is 1.29 bits per heavy atom. The van der Waals surface area contributed by atoms with Gasteiger partial charge in [-0.3, -0.25) is 0 Å². The normalized spacial score (nSPS) is 10.3. The molecule has 1 rings (SSSR count). The van der Waals surface area contributed by atoms with Crippen LogP contribution in [0.4, 0.5) is 0 Å². The standard InChI is InChI=1S/C11H14Cl2N2O2/c1-2-3-4-5-6-17-11(16)8-7-9(12)14-15-10(8)13/h7H,2-6H2,1H3. The number of halogens is 2. The van der Waals surface area contributed by atoms with Crippen LogP contribution < -0.4 is 0 Å². The summed E-state index contributed by atoms with van der Waals surface area (Å²) in [5.74, 6) is -0.511. The van der Waals surface area contributed by atoms with Crippen molar-refractivity contribution in [3.8, 4) is 0 Å². The van der Waals surface area contributed by atoms with Gasteiger partial charge in [0, 0.05) is 0 Å². The summed E-state index contributed by atoms with van der Waals surface area (Å²) in [5, 5.41) is 7.18. The predicted molar refractivity (Wildman–Crippen MR) is 66.5 cm³/mol. The third-order valence-electron chi connectivity index (χ3n) is 2.17. The van der Waals surface area contributed by atoms with Crippen molar-refractivity contribution in [3.05, 3.63) is 21.9 Å². The lowest BCUT2D eigenvalue weighted by molar-refractivity contribution is 0.0497. The number of hydrogen-bond donors (Lipinski definition) is 0. The molecular formula is C11H14Cl2N2O2. The van der Waals surface area contributed by atoms with Gasteiger partial charge in [0.05, 0.1) is 6.61 Å². The van der Waals surface area contributed by atoms with Crippen LogP contribution in [0.15, 0.2) is 6.07 Å². The minimum Gasteiger partial charge on any atom is -0.462 e. The fourth-order valence-corrected chi connectivity index (χ4v) is 1.58. The van der Waals surface area contributed by atoms with Crippen LogP contribution >= 0.6 is 23.2 Å². The summed E-state index contributed by atoms with van der Waals surface area (Å²) in [6.45, 7) is 2.51. The molecule has 0 atom stereocenters. The highest BCUT2D eigenvalue weighted by atomic mass is 35.5. The Balaban J connectivity index is 2.44. The Bertz CT molecular complexity index is 386. The third-order valence-corrected chi connectivity index (χ3v) is 2.63. The van der Waals surface area contributed by atoms with Crippen molar-refractivity contribution in [1.82, 2.24) is 10.2 Å². The smallest absolute Gasteiger partial charge is 0.341 e. The second-order valence-electron chi connectivity index (χ2n) is 3.57. The van der Waals surface area contributed by atoms with E-state index < -0.39 is 5.97 Å². The van der Waals surface area contributed by atoms with E-state index in [2.05, 4.69) is 17.1 Å². The van der Waals surface area contributed by atoms with Crippen molar-refractivity contribution >= 4 is 29.2 Å². The van der Waals surface area contributed by atoms with Gasteiger partial charge in [0.15, 0.2) is 10.3 Å². The maximum absolute atomic E-state index is 11.6. The summed E-state index contributed by atoms with van der Waals surface area (Å²) in [7, 11) is 0. The van der Waals surface area contributed by atoms with Crippen molar-refractivity contribution in [1.29, 1.82) is 0 Å². The molecule has 0 unspecified atom stereocenters. The van der Waals surface area contributed by atoms with Gasteiger partial charge in [0.25, 0.3) is 0 Å². The highest BCUT2D eigenvalue weighted by molar-refractivity contribution is 6.33. The third kappa shape index (κ3) is 4.88. The lowest BCUT2D eigenvalue weighted by Gasteiger charge is -2.05. The molecule has 4 nitrogen and oxygen atoms in total. The molecular weight excluding hydrogens is 263 g/mol. The van der Waals surface area contributed by atoms with E-state index in [1.165, 1.54) is 6.07 Å². The molecule has 1 heterocycles. The van der Waals surface area contributed by atoms with Gasteiger partial charge in [-0.1, -0.05) is 49.4 Å². The van der Waals surface area contributed by atoms with Crippen LogP contribution in [0, 0.1) is 0 Å². The van der Waals surface area contributed by atoms with Gasteiger partial charge in [-0.15, -0.1) is 10.2 Å². The monoisotopic (exact) mass is 276 g/mol. The maximum atomic E-state index is 11.6. The Kier molecular flexibility index (Phi) is 6.22. The van der Waals surface area contributed by atoms with E-state index in [0.29, 0.717) is 6.61 Å². The zero-order valence-electron chi connectivity index (χ0n) is 9.58. The first-order valence-electron chi connectivity index (χ1n) is 5.51. The van der Waals surface area contributed by atoms with Crippen LogP contribution in [-0.2, 0) is 4.74 Å². The van der Waals surface area contributed by atoms with Crippen molar-refractivity contribution in [2.24, 2.45) is 0 Å². The van der Waals surface area contributed by atoms with Crippen molar-refractivity contribution in [2.75, 3.05) is 6.61 Å². The first-order chi connectivity index (χ1) is 8.15. The second kappa shape index (κ2) is 7.45. The second-order valence-corrected chi connectivity index (χ2v) is 4.31. The van der Waals surface area contributed by atoms with Crippen LogP contribution in [-0.4, -0.2) is 22.8 Å². The molecule has 0 fully saturated rings. The first kappa shape index (κ1) is 14.2. The molecule has 0 aliphatic heterocycles. The molecule has 0 radical (unpaired) electrons. The summed E-state index contributed by atoms with van der Waals surface area (Å²) in [6, 6.07) is 1.35. The van der Waals surface area contributed by atoms with Gasteiger partial charge in [0.2, 0.25) is 0 Å². The van der Waals surface area contributed by atoms with E-state index >= 15 is 0 Å². The number of hydrogen-bond acceptors (Lipinski definition) is 4. The lowest BCUT2D eigenvalue weighted by Crippen LogP contribution is -2.08. The van der Waals surface area contributed by atoms with Crippen LogP contribution in [0.3, 0.4) is 0 Å². The van der Waals surface area contributed by atoms with Crippen LogP contribution in [0.5, 0.6) is 0 Å². The first-order valence-corrected chi connectivity index (χ1v) is 6.26. The Hall–Kier alpha value is -0.870. The SMILES string of the molecule is CCCCCCOC(=O)c1cc(Cl)nnc1Cl. The number of unbranched alkanes of at least 4 members (excludes halogenated alkanes) is 3. The van der Waals surface area contributed by atoms with Crippen molar-refractivity contribution in [2.45, 2.75) is 32.6 Å². The maximum Gasteiger partial charge on any atom is 0.341 e. The van der Waals surface area contributed by atoms with E-state index in [4.69, 9.17) is 27.9 Å². The van der Waals surface area contributed by atoms with Crippen LogP contribution in [0.2, 0.25) is 10.3 Å². The van der Waals surface area contributed by atoms with Gasteiger partial charge in [-0.25, -0.2) is 4.79 Å². The summed E-state index contributed by atoms with van der Waals surface area (Å²) < 4.78 is 5.06. The molecule has 0 bridgehead atoms. The van der Waals surface area contributed by atoms with Crippen LogP contribution in [0.1, 0.15) is 43.0 Å². The quantitative estimate of drug-likeness (QED) is 0.589. The van der Waals surface area contributed by atoms with E-state index in [0.717, 1.165) is 25.7 Å². The largest absolute Gasteiger partial charge is 0.462 e. The fraction of sp³-hybridized carbons (Fsp3) is 0.545. The van der Waals surface area contributed by atoms with E-state index in [-0.39, 0.29) is 15.9 Å². The van der Waals surface area contributed by atoms with Gasteiger partial charge in [0.1, 0.15) is 5.56 Å². The number of aromatic nitrogens is 2. The summed E-state index contributed by atoms with van der Waals surface area (Å²) in [4.78, 5) is 11.6. The molecule has 0 saturated carbocycles. The molecule has 0 N–H and O–H groups in total. The van der Waals surface area contributed by atoms with Crippen molar-refractivity contribution in [3.63, 3.8) is 0 Å². The molecule has 0 aliphatic carbocycles.